The van der Waals surface area contributed by atoms with Gasteiger partial charge in [-0.2, -0.15) is 0 Å². The summed E-state index contributed by atoms with van der Waals surface area (Å²) in [5.41, 5.74) is 0.194. The first-order valence-electron chi connectivity index (χ1n) is 7.92. The van der Waals surface area contributed by atoms with Gasteiger partial charge in [0.25, 0.3) is 0 Å². The number of aliphatic hydroxyl groups is 1. The number of aliphatic hydroxyl groups excluding tert-OH is 1. The molecule has 1 aromatic rings. The largest absolute Gasteiger partial charge is 0.490 e. The first-order chi connectivity index (χ1) is 10.7. The maximum absolute atomic E-state index is 11.0. The maximum Gasteiger partial charge on any atom is 0.335 e. The van der Waals surface area contributed by atoms with Crippen molar-refractivity contribution in [1.82, 2.24) is 0 Å². The molecule has 0 radical (unpaired) electrons. The van der Waals surface area contributed by atoms with E-state index in [0.29, 0.717) is 24.7 Å². The number of carbonyl (C=O) groups is 1. The normalized spacial score (nSPS) is 10.5. The minimum Gasteiger partial charge on any atom is -0.490 e. The summed E-state index contributed by atoms with van der Waals surface area (Å²) in [6.45, 7) is 3.18. The van der Waals surface area contributed by atoms with Crippen molar-refractivity contribution in [1.29, 1.82) is 0 Å². The Labute approximate surface area is 131 Å². The molecule has 0 saturated heterocycles. The zero-order valence-corrected chi connectivity index (χ0v) is 13.2. The Morgan fingerprint density at radius 2 is 1.68 bits per heavy atom. The van der Waals surface area contributed by atoms with E-state index in [2.05, 4.69) is 0 Å². The first kappa shape index (κ1) is 18.3. The van der Waals surface area contributed by atoms with Crippen molar-refractivity contribution in [2.45, 2.75) is 45.4 Å². The number of unbranched alkanes of at least 4 members (excludes halogenated alkanes) is 5. The van der Waals surface area contributed by atoms with Crippen LogP contribution < -0.4 is 9.47 Å². The van der Waals surface area contributed by atoms with Crippen LogP contribution in [0, 0.1) is 0 Å². The molecule has 0 aliphatic rings. The van der Waals surface area contributed by atoms with Crippen molar-refractivity contribution in [2.75, 3.05) is 19.8 Å². The second-order valence-electron chi connectivity index (χ2n) is 5.09. The number of aromatic carboxylic acids is 1. The zero-order valence-electron chi connectivity index (χ0n) is 13.2. The van der Waals surface area contributed by atoms with Crippen LogP contribution in [0.3, 0.4) is 0 Å². The summed E-state index contributed by atoms with van der Waals surface area (Å²) in [6, 6.07) is 4.67. The average molecular weight is 310 g/mol. The van der Waals surface area contributed by atoms with Crippen molar-refractivity contribution in [3.05, 3.63) is 23.8 Å². The van der Waals surface area contributed by atoms with E-state index in [0.717, 1.165) is 38.5 Å². The highest BCUT2D eigenvalue weighted by atomic mass is 16.5. The van der Waals surface area contributed by atoms with Crippen molar-refractivity contribution in [3.8, 4) is 11.5 Å². The van der Waals surface area contributed by atoms with Crippen LogP contribution in [0.2, 0.25) is 0 Å². The zero-order chi connectivity index (χ0) is 16.2. The molecule has 5 heteroatoms. The van der Waals surface area contributed by atoms with Gasteiger partial charge >= 0.3 is 5.97 Å². The molecule has 0 bridgehead atoms. The quantitative estimate of drug-likeness (QED) is 0.578. The lowest BCUT2D eigenvalue weighted by molar-refractivity contribution is 0.0696. The fourth-order valence-corrected chi connectivity index (χ4v) is 2.13. The summed E-state index contributed by atoms with van der Waals surface area (Å²) in [6.07, 6.45) is 6.26. The molecule has 0 spiro atoms. The molecule has 0 fully saturated rings. The summed E-state index contributed by atoms with van der Waals surface area (Å²) in [7, 11) is 0. The second-order valence-corrected chi connectivity index (χ2v) is 5.09. The first-order valence-corrected chi connectivity index (χ1v) is 7.92. The summed E-state index contributed by atoms with van der Waals surface area (Å²) < 4.78 is 11.1. The van der Waals surface area contributed by atoms with Crippen molar-refractivity contribution >= 4 is 5.97 Å². The van der Waals surface area contributed by atoms with Gasteiger partial charge in [-0.1, -0.05) is 25.7 Å². The highest BCUT2D eigenvalue weighted by Crippen LogP contribution is 2.28. The average Bonchev–Trinajstić information content (AvgIpc) is 2.51. The van der Waals surface area contributed by atoms with E-state index < -0.39 is 5.97 Å². The second kappa shape index (κ2) is 10.9. The Bertz CT molecular complexity index is 445. The predicted molar refractivity (Wildman–Crippen MR) is 84.9 cm³/mol. The summed E-state index contributed by atoms with van der Waals surface area (Å²) in [5.74, 6) is 0.0906. The Morgan fingerprint density at radius 1 is 1.00 bits per heavy atom. The number of carboxylic acid groups (broad SMARTS) is 1. The molecule has 5 nitrogen and oxygen atoms in total. The van der Waals surface area contributed by atoms with Crippen LogP contribution in [0.25, 0.3) is 0 Å². The lowest BCUT2D eigenvalue weighted by atomic mass is 10.1. The minimum absolute atomic E-state index is 0.194. The number of hydrogen-bond donors (Lipinski definition) is 2. The van der Waals surface area contributed by atoms with Gasteiger partial charge in [-0.05, 0) is 38.0 Å². The molecule has 1 rings (SSSR count). The number of carboxylic acids is 1. The van der Waals surface area contributed by atoms with Crippen molar-refractivity contribution in [3.63, 3.8) is 0 Å². The third kappa shape index (κ3) is 6.80. The van der Waals surface area contributed by atoms with Crippen LogP contribution in [-0.2, 0) is 0 Å². The van der Waals surface area contributed by atoms with Gasteiger partial charge in [-0.3, -0.25) is 0 Å². The van der Waals surface area contributed by atoms with E-state index in [9.17, 15) is 4.79 Å². The van der Waals surface area contributed by atoms with Gasteiger partial charge < -0.3 is 19.7 Å². The monoisotopic (exact) mass is 310 g/mol. The van der Waals surface area contributed by atoms with Gasteiger partial charge in [0.1, 0.15) is 0 Å². The van der Waals surface area contributed by atoms with E-state index in [-0.39, 0.29) is 12.2 Å². The van der Waals surface area contributed by atoms with E-state index in [1.165, 1.54) is 12.1 Å². The molecule has 22 heavy (non-hydrogen) atoms. The highest BCUT2D eigenvalue weighted by molar-refractivity contribution is 5.88. The van der Waals surface area contributed by atoms with Crippen LogP contribution in [0.5, 0.6) is 11.5 Å². The Kier molecular flexibility index (Phi) is 9.07. The van der Waals surface area contributed by atoms with Crippen LogP contribution >= 0.6 is 0 Å². The molecule has 1 aromatic carbocycles. The lowest BCUT2D eigenvalue weighted by Crippen LogP contribution is -2.03. The molecule has 0 aromatic heterocycles. The number of ether oxygens (including phenoxy) is 2. The van der Waals surface area contributed by atoms with Crippen LogP contribution in [0.1, 0.15) is 55.8 Å². The van der Waals surface area contributed by atoms with Crippen molar-refractivity contribution < 1.29 is 24.5 Å². The van der Waals surface area contributed by atoms with Gasteiger partial charge in [0.05, 0.1) is 18.8 Å². The minimum atomic E-state index is -0.976. The molecule has 0 aliphatic carbocycles. The number of hydrogen-bond acceptors (Lipinski definition) is 4. The molecule has 0 aliphatic heterocycles. The molecule has 0 atom stereocenters. The highest BCUT2D eigenvalue weighted by Gasteiger charge is 2.10. The maximum atomic E-state index is 11.0. The number of benzene rings is 1. The third-order valence-corrected chi connectivity index (χ3v) is 3.30. The van der Waals surface area contributed by atoms with Gasteiger partial charge in [-0.15, -0.1) is 0 Å². The third-order valence-electron chi connectivity index (χ3n) is 3.30. The van der Waals surface area contributed by atoms with Crippen LogP contribution in [0.15, 0.2) is 18.2 Å². The molecule has 0 heterocycles. The van der Waals surface area contributed by atoms with E-state index in [1.807, 2.05) is 6.92 Å². The Balaban J connectivity index is 2.36. The molecule has 124 valence electrons. The van der Waals surface area contributed by atoms with E-state index in [4.69, 9.17) is 19.7 Å². The molecule has 0 unspecified atom stereocenters. The molecule has 0 amide bonds. The molecular weight excluding hydrogens is 284 g/mol. The summed E-state index contributed by atoms with van der Waals surface area (Å²) in [4.78, 5) is 11.0. The smallest absolute Gasteiger partial charge is 0.335 e. The van der Waals surface area contributed by atoms with Gasteiger partial charge in [0.15, 0.2) is 11.5 Å². The van der Waals surface area contributed by atoms with E-state index in [1.54, 1.807) is 6.07 Å². The topological polar surface area (TPSA) is 76.0 Å². The molecular formula is C17H26O5. The SMILES string of the molecule is CCOc1cc(C(=O)O)ccc1OCCCCCCCCO. The Hall–Kier alpha value is -1.75. The molecule has 2 N–H and O–H groups in total. The standard InChI is InChI=1S/C17H26O5/c1-2-21-16-13-14(17(19)20)9-10-15(16)22-12-8-6-4-3-5-7-11-18/h9-10,13,18H,2-8,11-12H2,1H3,(H,19,20). The fourth-order valence-electron chi connectivity index (χ4n) is 2.13. The number of rotatable bonds is 12. The van der Waals surface area contributed by atoms with Gasteiger partial charge in [0.2, 0.25) is 0 Å². The summed E-state index contributed by atoms with van der Waals surface area (Å²) >= 11 is 0. The lowest BCUT2D eigenvalue weighted by Gasteiger charge is -2.12. The van der Waals surface area contributed by atoms with Gasteiger partial charge in [0, 0.05) is 6.61 Å². The van der Waals surface area contributed by atoms with Crippen LogP contribution in [-0.4, -0.2) is 36.0 Å². The summed E-state index contributed by atoms with van der Waals surface area (Å²) in [5, 5.41) is 17.7. The molecule has 0 saturated carbocycles. The predicted octanol–water partition coefficient (Wildman–Crippen LogP) is 3.50. The van der Waals surface area contributed by atoms with Crippen molar-refractivity contribution in [2.24, 2.45) is 0 Å². The van der Waals surface area contributed by atoms with Gasteiger partial charge in [-0.25, -0.2) is 4.79 Å². The Morgan fingerprint density at radius 3 is 2.32 bits per heavy atom. The fraction of sp³-hybridized carbons (Fsp3) is 0.588. The van der Waals surface area contributed by atoms with E-state index >= 15 is 0 Å². The van der Waals surface area contributed by atoms with Crippen LogP contribution in [0.4, 0.5) is 0 Å².